The maximum absolute atomic E-state index is 13.5. The molecule has 1 N–H and O–H groups in total. The van der Waals surface area contributed by atoms with Crippen molar-refractivity contribution in [2.24, 2.45) is 5.92 Å². The van der Waals surface area contributed by atoms with Gasteiger partial charge in [-0.15, -0.1) is 0 Å². The van der Waals surface area contributed by atoms with Gasteiger partial charge in [0, 0.05) is 18.1 Å². The molecule has 2 amide bonds. The van der Waals surface area contributed by atoms with Crippen LogP contribution >= 0.6 is 11.6 Å². The Bertz CT molecular complexity index is 1090. The summed E-state index contributed by atoms with van der Waals surface area (Å²) >= 11 is 5.99. The summed E-state index contributed by atoms with van der Waals surface area (Å²) in [4.78, 5) is 27.7. The quantitative estimate of drug-likeness (QED) is 0.457. The van der Waals surface area contributed by atoms with Crippen LogP contribution < -0.4 is 14.4 Å². The van der Waals surface area contributed by atoms with E-state index in [1.807, 2.05) is 20.8 Å². The predicted molar refractivity (Wildman–Crippen MR) is 139 cm³/mol. The van der Waals surface area contributed by atoms with Crippen molar-refractivity contribution in [3.8, 4) is 5.75 Å². The van der Waals surface area contributed by atoms with Crippen molar-refractivity contribution in [2.45, 2.75) is 40.3 Å². The summed E-state index contributed by atoms with van der Waals surface area (Å²) < 4.78 is 31.7. The third-order valence-electron chi connectivity index (χ3n) is 5.23. The molecular weight excluding hydrogens is 490 g/mol. The molecule has 0 aliphatic rings. The first kappa shape index (κ1) is 28.5. The Labute approximate surface area is 213 Å². The Balaban J connectivity index is 2.33. The summed E-state index contributed by atoms with van der Waals surface area (Å²) in [5.41, 5.74) is 1.09. The van der Waals surface area contributed by atoms with Gasteiger partial charge < -0.3 is 15.0 Å². The van der Waals surface area contributed by atoms with Crippen LogP contribution in [0.2, 0.25) is 5.02 Å². The van der Waals surface area contributed by atoms with E-state index in [9.17, 15) is 18.0 Å². The first-order valence-corrected chi connectivity index (χ1v) is 13.7. The Kier molecular flexibility index (Phi) is 10.4. The molecule has 1 atom stereocenters. The van der Waals surface area contributed by atoms with Gasteiger partial charge in [-0.3, -0.25) is 13.9 Å². The van der Waals surface area contributed by atoms with E-state index in [4.69, 9.17) is 16.3 Å². The second kappa shape index (κ2) is 12.8. The molecule has 0 aromatic heterocycles. The lowest BCUT2D eigenvalue weighted by Crippen LogP contribution is -2.51. The van der Waals surface area contributed by atoms with Gasteiger partial charge in [-0.25, -0.2) is 8.42 Å². The van der Waals surface area contributed by atoms with Crippen molar-refractivity contribution in [3.63, 3.8) is 0 Å². The van der Waals surface area contributed by atoms with Crippen molar-refractivity contribution < 1.29 is 22.7 Å². The number of halogens is 1. The maximum atomic E-state index is 13.5. The minimum Gasteiger partial charge on any atom is -0.494 e. The van der Waals surface area contributed by atoms with Crippen LogP contribution in [0.3, 0.4) is 0 Å². The Morgan fingerprint density at radius 2 is 1.63 bits per heavy atom. The van der Waals surface area contributed by atoms with Crippen molar-refractivity contribution in [2.75, 3.05) is 30.3 Å². The number of carbonyl (C=O) groups excluding carboxylic acids is 2. The summed E-state index contributed by atoms with van der Waals surface area (Å²) in [5.74, 6) is 0.0160. The van der Waals surface area contributed by atoms with Gasteiger partial charge in [0.1, 0.15) is 18.3 Å². The fourth-order valence-electron chi connectivity index (χ4n) is 3.31. The molecule has 0 spiro atoms. The van der Waals surface area contributed by atoms with Crippen molar-refractivity contribution in [1.82, 2.24) is 10.2 Å². The number of benzene rings is 2. The minimum absolute atomic E-state index is 0.118. The van der Waals surface area contributed by atoms with Gasteiger partial charge in [0.25, 0.3) is 0 Å². The smallest absolute Gasteiger partial charge is 0.244 e. The van der Waals surface area contributed by atoms with Gasteiger partial charge in [-0.1, -0.05) is 37.6 Å². The summed E-state index contributed by atoms with van der Waals surface area (Å²) in [6, 6.07) is 12.6. The average Bonchev–Trinajstić information content (AvgIpc) is 2.80. The van der Waals surface area contributed by atoms with Gasteiger partial charge in [0.2, 0.25) is 21.8 Å². The van der Waals surface area contributed by atoms with E-state index < -0.39 is 28.5 Å². The van der Waals surface area contributed by atoms with E-state index in [1.165, 1.54) is 4.90 Å². The number of hydrogen-bond donors (Lipinski definition) is 1. The Morgan fingerprint density at radius 3 is 2.14 bits per heavy atom. The van der Waals surface area contributed by atoms with E-state index in [-0.39, 0.29) is 18.4 Å². The molecular formula is C25H34ClN3O5S. The molecule has 1 unspecified atom stereocenters. The van der Waals surface area contributed by atoms with Crippen LogP contribution in [0.15, 0.2) is 48.5 Å². The molecule has 2 aromatic rings. The van der Waals surface area contributed by atoms with E-state index in [0.717, 1.165) is 16.1 Å². The van der Waals surface area contributed by atoms with Crippen LogP contribution in [0.5, 0.6) is 5.75 Å². The number of amides is 2. The van der Waals surface area contributed by atoms with Crippen molar-refractivity contribution in [3.05, 3.63) is 59.1 Å². The fourth-order valence-corrected chi connectivity index (χ4v) is 4.29. The molecule has 0 radical (unpaired) electrons. The zero-order chi connectivity index (χ0) is 26.2. The number of rotatable bonds is 12. The lowest BCUT2D eigenvalue weighted by atomic mass is 10.1. The number of nitrogens with zero attached hydrogens (tertiary/aromatic N) is 2. The second-order valence-corrected chi connectivity index (χ2v) is 11.0. The number of anilines is 1. The topological polar surface area (TPSA) is 96.0 Å². The number of sulfonamides is 1. The molecule has 0 heterocycles. The predicted octanol–water partition coefficient (Wildman–Crippen LogP) is 3.69. The standard InChI is InChI=1S/C25H34ClN3O5S/c1-6-34-23-13-11-22(12-14-23)29(35(5,32)33)17-24(30)28(16-20-7-9-21(26)10-8-20)19(4)25(31)27-15-18(2)3/h7-14,18-19H,6,15-17H2,1-5H3,(H,27,31). The molecule has 0 bridgehead atoms. The fraction of sp³-hybridized carbons (Fsp3) is 0.440. The number of carbonyl (C=O) groups is 2. The zero-order valence-electron chi connectivity index (χ0n) is 20.8. The normalized spacial score (nSPS) is 12.2. The van der Waals surface area contributed by atoms with E-state index >= 15 is 0 Å². The summed E-state index contributed by atoms with van der Waals surface area (Å²) in [6.45, 7) is 8.03. The number of ether oxygens (including phenoxy) is 1. The first-order valence-electron chi connectivity index (χ1n) is 11.4. The molecule has 2 rings (SSSR count). The van der Waals surface area contributed by atoms with E-state index in [2.05, 4.69) is 5.32 Å². The summed E-state index contributed by atoms with van der Waals surface area (Å²) in [6.07, 6.45) is 1.04. The van der Waals surface area contributed by atoms with Gasteiger partial charge in [0.05, 0.1) is 18.6 Å². The Morgan fingerprint density at radius 1 is 1.03 bits per heavy atom. The van der Waals surface area contributed by atoms with Gasteiger partial charge >= 0.3 is 0 Å². The monoisotopic (exact) mass is 523 g/mol. The Hall–Kier alpha value is -2.78. The van der Waals surface area contributed by atoms with Crippen LogP contribution in [0.25, 0.3) is 0 Å². The molecule has 35 heavy (non-hydrogen) atoms. The SMILES string of the molecule is CCOc1ccc(N(CC(=O)N(Cc2ccc(Cl)cc2)C(C)C(=O)NCC(C)C)S(C)(=O)=O)cc1. The van der Waals surface area contributed by atoms with E-state index in [0.29, 0.717) is 29.6 Å². The first-order chi connectivity index (χ1) is 16.4. The molecule has 0 aliphatic carbocycles. The largest absolute Gasteiger partial charge is 0.494 e. The van der Waals surface area contributed by atoms with Crippen LogP contribution in [0.1, 0.15) is 33.3 Å². The highest BCUT2D eigenvalue weighted by molar-refractivity contribution is 7.92. The molecule has 2 aromatic carbocycles. The molecule has 10 heteroatoms. The summed E-state index contributed by atoms with van der Waals surface area (Å²) in [5, 5.41) is 3.40. The lowest BCUT2D eigenvalue weighted by Gasteiger charge is -2.31. The molecule has 0 saturated heterocycles. The van der Waals surface area contributed by atoms with Gasteiger partial charge in [-0.05, 0) is 61.7 Å². The highest BCUT2D eigenvalue weighted by Crippen LogP contribution is 2.23. The highest BCUT2D eigenvalue weighted by Gasteiger charge is 2.30. The van der Waals surface area contributed by atoms with Gasteiger partial charge in [0.15, 0.2) is 0 Å². The second-order valence-electron chi connectivity index (χ2n) is 8.66. The highest BCUT2D eigenvalue weighted by atomic mass is 35.5. The summed E-state index contributed by atoms with van der Waals surface area (Å²) in [7, 11) is -3.79. The third-order valence-corrected chi connectivity index (χ3v) is 6.63. The molecule has 0 fully saturated rings. The number of nitrogens with one attached hydrogen (secondary N) is 1. The van der Waals surface area contributed by atoms with E-state index in [1.54, 1.807) is 55.5 Å². The van der Waals surface area contributed by atoms with Crippen LogP contribution in [-0.2, 0) is 26.2 Å². The molecule has 192 valence electrons. The van der Waals surface area contributed by atoms with Crippen molar-refractivity contribution in [1.29, 1.82) is 0 Å². The molecule has 8 nitrogen and oxygen atoms in total. The lowest BCUT2D eigenvalue weighted by molar-refractivity contribution is -0.139. The third kappa shape index (κ3) is 8.74. The van der Waals surface area contributed by atoms with Crippen LogP contribution in [-0.4, -0.2) is 57.1 Å². The van der Waals surface area contributed by atoms with Crippen LogP contribution in [0.4, 0.5) is 5.69 Å². The minimum atomic E-state index is -3.79. The van der Waals surface area contributed by atoms with Crippen molar-refractivity contribution >= 4 is 39.1 Å². The molecule has 0 aliphatic heterocycles. The number of hydrogen-bond acceptors (Lipinski definition) is 5. The van der Waals surface area contributed by atoms with Gasteiger partial charge in [-0.2, -0.15) is 0 Å². The van der Waals surface area contributed by atoms with Crippen LogP contribution in [0, 0.1) is 5.92 Å². The maximum Gasteiger partial charge on any atom is 0.244 e. The zero-order valence-corrected chi connectivity index (χ0v) is 22.4. The molecule has 0 saturated carbocycles. The average molecular weight is 524 g/mol.